The Kier molecular flexibility index (Phi) is 8.39. The van der Waals surface area contributed by atoms with Crippen molar-refractivity contribution in [2.45, 2.75) is 6.92 Å². The lowest BCUT2D eigenvalue weighted by molar-refractivity contribution is 0.0975. The van der Waals surface area contributed by atoms with Gasteiger partial charge in [-0.1, -0.05) is 65.1 Å². The minimum absolute atomic E-state index is 0.0297. The third-order valence-electron chi connectivity index (χ3n) is 4.15. The smallest absolute Gasteiger partial charge is 0.258 e. The van der Waals surface area contributed by atoms with Crippen LogP contribution < -0.4 is 10.7 Å². The van der Waals surface area contributed by atoms with Gasteiger partial charge in [0.15, 0.2) is 0 Å². The normalized spacial score (nSPS) is 11.8. The third kappa shape index (κ3) is 7.20. The Balaban J connectivity index is 1.76. The van der Waals surface area contributed by atoms with Gasteiger partial charge in [-0.2, -0.15) is 10.2 Å². The van der Waals surface area contributed by atoms with Gasteiger partial charge in [-0.25, -0.2) is 5.43 Å². The van der Waals surface area contributed by atoms with Crippen LogP contribution in [0.1, 0.15) is 27.0 Å². The molecule has 3 aromatic carbocycles. The first-order chi connectivity index (χ1) is 15.4. The molecule has 0 aliphatic carbocycles. The molecule has 9 heteroatoms. The number of guanidine groups is 1. The molecule has 0 fully saturated rings. The van der Waals surface area contributed by atoms with E-state index in [4.69, 9.17) is 34.8 Å². The van der Waals surface area contributed by atoms with E-state index in [-0.39, 0.29) is 5.96 Å². The molecule has 3 rings (SSSR count). The molecular weight excluding hydrogens is 469 g/mol. The number of carbonyl (C=O) groups is 1. The number of nitrogens with one attached hydrogen (secondary N) is 2. The highest BCUT2D eigenvalue weighted by atomic mass is 35.5. The fourth-order valence-corrected chi connectivity index (χ4v) is 2.84. The number of benzene rings is 3. The monoisotopic (exact) mass is 485 g/mol. The van der Waals surface area contributed by atoms with E-state index in [1.54, 1.807) is 72.9 Å². The van der Waals surface area contributed by atoms with Gasteiger partial charge in [-0.3, -0.25) is 10.1 Å². The number of hydrogen-bond donors (Lipinski definition) is 2. The summed E-state index contributed by atoms with van der Waals surface area (Å²) in [6.45, 7) is 1.86. The summed E-state index contributed by atoms with van der Waals surface area (Å²) in [5.74, 6) is -0.385. The largest absolute Gasteiger partial charge is 0.290 e. The molecule has 0 bridgehead atoms. The van der Waals surface area contributed by atoms with Crippen molar-refractivity contribution in [3.05, 3.63) is 104 Å². The van der Waals surface area contributed by atoms with Crippen LogP contribution in [0.25, 0.3) is 0 Å². The van der Waals surface area contributed by atoms with Crippen molar-refractivity contribution >= 4 is 59.1 Å². The Labute approximate surface area is 200 Å². The number of nitrogens with zero attached hydrogens (tertiary/aromatic N) is 3. The van der Waals surface area contributed by atoms with Crippen molar-refractivity contribution in [3.63, 3.8) is 0 Å². The number of amides is 1. The van der Waals surface area contributed by atoms with Crippen molar-refractivity contribution in [2.24, 2.45) is 15.3 Å². The average Bonchev–Trinajstić information content (AvgIpc) is 2.78. The van der Waals surface area contributed by atoms with Crippen molar-refractivity contribution in [1.82, 2.24) is 10.7 Å². The number of hydrogen-bond acceptors (Lipinski definition) is 4. The Hall–Kier alpha value is -3.19. The van der Waals surface area contributed by atoms with E-state index < -0.39 is 5.91 Å². The van der Waals surface area contributed by atoms with Crippen LogP contribution in [-0.4, -0.2) is 24.3 Å². The lowest BCUT2D eigenvalue weighted by Gasteiger charge is -2.08. The molecule has 162 valence electrons. The lowest BCUT2D eigenvalue weighted by atomic mass is 10.1. The number of carbonyl (C=O) groups excluding carboxylic acids is 1. The molecule has 32 heavy (non-hydrogen) atoms. The fourth-order valence-electron chi connectivity index (χ4n) is 2.41. The lowest BCUT2D eigenvalue weighted by Crippen LogP contribution is -2.38. The van der Waals surface area contributed by atoms with Gasteiger partial charge in [0.05, 0.1) is 12.4 Å². The second kappa shape index (κ2) is 11.4. The fraction of sp³-hybridized carbons (Fsp3) is 0.0435. The standard InChI is InChI=1S/C23H18Cl3N5O/c1-15-2-7-18(12-21(15)26)22(32)29-23(30-27-13-16-3-8-19(24)9-4-16)31-28-14-17-5-10-20(25)11-6-17/h2-14H,1H3,(H2,29,30,31,32). The third-order valence-corrected chi connectivity index (χ3v) is 5.07. The maximum absolute atomic E-state index is 12.6. The molecule has 0 radical (unpaired) electrons. The van der Waals surface area contributed by atoms with Crippen molar-refractivity contribution in [1.29, 1.82) is 0 Å². The molecule has 0 aliphatic rings. The highest BCUT2D eigenvalue weighted by Crippen LogP contribution is 2.16. The molecular formula is C23H18Cl3N5O. The molecule has 0 spiro atoms. The SMILES string of the molecule is Cc1ccc(C(=O)NC(=NN=Cc2ccc(Cl)cc2)NN=Cc2ccc(Cl)cc2)cc1Cl. The molecule has 0 unspecified atom stereocenters. The van der Waals surface area contributed by atoms with E-state index >= 15 is 0 Å². The van der Waals surface area contributed by atoms with E-state index in [1.807, 2.05) is 6.92 Å². The van der Waals surface area contributed by atoms with Crippen LogP contribution in [0.4, 0.5) is 0 Å². The van der Waals surface area contributed by atoms with Gasteiger partial charge in [-0.15, -0.1) is 5.10 Å². The second-order valence-corrected chi connectivity index (χ2v) is 7.86. The number of rotatable bonds is 5. The highest BCUT2D eigenvalue weighted by Gasteiger charge is 2.10. The van der Waals surface area contributed by atoms with Gasteiger partial charge in [0, 0.05) is 20.6 Å². The van der Waals surface area contributed by atoms with Gasteiger partial charge < -0.3 is 0 Å². The van der Waals surface area contributed by atoms with E-state index in [9.17, 15) is 4.79 Å². The topological polar surface area (TPSA) is 78.2 Å². The van der Waals surface area contributed by atoms with Crippen molar-refractivity contribution in [3.8, 4) is 0 Å². The van der Waals surface area contributed by atoms with Gasteiger partial charge in [-0.05, 0) is 60.0 Å². The minimum Gasteiger partial charge on any atom is -0.290 e. The summed E-state index contributed by atoms with van der Waals surface area (Å²) in [6, 6.07) is 19.2. The molecule has 0 aliphatic heterocycles. The minimum atomic E-state index is -0.415. The van der Waals surface area contributed by atoms with E-state index in [1.165, 1.54) is 6.21 Å². The van der Waals surface area contributed by atoms with Gasteiger partial charge in [0.2, 0.25) is 5.96 Å². The maximum Gasteiger partial charge on any atom is 0.258 e. The van der Waals surface area contributed by atoms with Crippen molar-refractivity contribution in [2.75, 3.05) is 0 Å². The molecule has 0 saturated heterocycles. The average molecular weight is 487 g/mol. The van der Waals surface area contributed by atoms with Gasteiger partial charge in [0.25, 0.3) is 5.91 Å². The first-order valence-corrected chi connectivity index (χ1v) is 10.5. The highest BCUT2D eigenvalue weighted by molar-refractivity contribution is 6.32. The zero-order chi connectivity index (χ0) is 22.9. The van der Waals surface area contributed by atoms with Crippen LogP contribution in [-0.2, 0) is 0 Å². The van der Waals surface area contributed by atoms with E-state index in [0.717, 1.165) is 16.7 Å². The summed E-state index contributed by atoms with van der Waals surface area (Å²) in [4.78, 5) is 12.6. The Morgan fingerprint density at radius 3 is 2.03 bits per heavy atom. The van der Waals surface area contributed by atoms with E-state index in [0.29, 0.717) is 20.6 Å². The van der Waals surface area contributed by atoms with Gasteiger partial charge in [0.1, 0.15) is 0 Å². The zero-order valence-electron chi connectivity index (χ0n) is 16.9. The Morgan fingerprint density at radius 1 is 0.844 bits per heavy atom. The quantitative estimate of drug-likeness (QED) is 0.276. The van der Waals surface area contributed by atoms with Crippen LogP contribution in [0.3, 0.4) is 0 Å². The molecule has 0 aromatic heterocycles. The van der Waals surface area contributed by atoms with E-state index in [2.05, 4.69) is 26.0 Å². The Morgan fingerprint density at radius 2 is 1.44 bits per heavy atom. The summed E-state index contributed by atoms with van der Waals surface area (Å²) in [5.41, 5.74) is 5.53. The van der Waals surface area contributed by atoms with Crippen LogP contribution in [0.5, 0.6) is 0 Å². The molecule has 6 nitrogen and oxygen atoms in total. The number of hydrazone groups is 1. The maximum atomic E-state index is 12.6. The Bertz CT molecular complexity index is 1170. The molecule has 3 aromatic rings. The molecule has 1 amide bonds. The molecule has 0 atom stereocenters. The first-order valence-electron chi connectivity index (χ1n) is 9.39. The summed E-state index contributed by atoms with van der Waals surface area (Å²) < 4.78 is 0. The van der Waals surface area contributed by atoms with Crippen LogP contribution in [0.15, 0.2) is 82.0 Å². The summed E-state index contributed by atoms with van der Waals surface area (Å²) >= 11 is 17.9. The van der Waals surface area contributed by atoms with Crippen LogP contribution >= 0.6 is 34.8 Å². The molecule has 0 heterocycles. The predicted molar refractivity (Wildman–Crippen MR) is 132 cm³/mol. The predicted octanol–water partition coefficient (Wildman–Crippen LogP) is 5.70. The second-order valence-electron chi connectivity index (χ2n) is 6.58. The summed E-state index contributed by atoms with van der Waals surface area (Å²) in [7, 11) is 0. The molecule has 0 saturated carbocycles. The van der Waals surface area contributed by atoms with Crippen LogP contribution in [0, 0.1) is 6.92 Å². The molecule has 2 N–H and O–H groups in total. The van der Waals surface area contributed by atoms with Crippen LogP contribution in [0.2, 0.25) is 15.1 Å². The van der Waals surface area contributed by atoms with Gasteiger partial charge >= 0.3 is 0 Å². The van der Waals surface area contributed by atoms with Crippen molar-refractivity contribution < 1.29 is 4.79 Å². The summed E-state index contributed by atoms with van der Waals surface area (Å²) in [6.07, 6.45) is 3.08. The number of halogens is 3. The zero-order valence-corrected chi connectivity index (χ0v) is 19.2. The number of aryl methyl sites for hydroxylation is 1. The summed E-state index contributed by atoms with van der Waals surface area (Å²) in [5, 5.41) is 16.5. The first kappa shape index (κ1) is 23.5.